The Labute approximate surface area is 120 Å². The van der Waals surface area contributed by atoms with Gasteiger partial charge in [-0.15, -0.1) is 0 Å². The van der Waals surface area contributed by atoms with E-state index in [1.54, 1.807) is 0 Å². The Balaban J connectivity index is 1.87. The topological polar surface area (TPSA) is 75.6 Å². The Bertz CT molecular complexity index is 355. The van der Waals surface area contributed by atoms with Crippen molar-refractivity contribution in [1.29, 1.82) is 0 Å². The van der Waals surface area contributed by atoms with E-state index < -0.39 is 5.97 Å². The molecular formula is C15H25NO4. The molecule has 0 aromatic carbocycles. The number of hydrogen-bond acceptors (Lipinski definition) is 3. The molecule has 0 spiro atoms. The molecule has 2 aliphatic rings. The molecule has 1 saturated heterocycles. The molecule has 114 valence electrons. The molecule has 0 bridgehead atoms. The van der Waals surface area contributed by atoms with Crippen LogP contribution in [0.4, 0.5) is 0 Å². The van der Waals surface area contributed by atoms with E-state index in [1.807, 2.05) is 0 Å². The summed E-state index contributed by atoms with van der Waals surface area (Å²) in [6.45, 7) is 3.52. The van der Waals surface area contributed by atoms with Crippen LogP contribution in [-0.2, 0) is 14.3 Å². The van der Waals surface area contributed by atoms with E-state index in [4.69, 9.17) is 9.84 Å². The van der Waals surface area contributed by atoms with Crippen LogP contribution in [0.25, 0.3) is 0 Å². The number of ether oxygens (including phenoxy) is 1. The molecule has 1 aliphatic heterocycles. The van der Waals surface area contributed by atoms with Crippen LogP contribution < -0.4 is 5.32 Å². The van der Waals surface area contributed by atoms with Crippen molar-refractivity contribution in [2.75, 3.05) is 13.2 Å². The second kappa shape index (κ2) is 6.57. The van der Waals surface area contributed by atoms with Crippen molar-refractivity contribution >= 4 is 11.9 Å². The van der Waals surface area contributed by atoms with Gasteiger partial charge in [-0.25, -0.2) is 0 Å². The van der Waals surface area contributed by atoms with Crippen LogP contribution in [0, 0.1) is 11.8 Å². The zero-order valence-corrected chi connectivity index (χ0v) is 12.2. The van der Waals surface area contributed by atoms with E-state index in [1.165, 1.54) is 0 Å². The highest BCUT2D eigenvalue weighted by Gasteiger charge is 2.36. The average Bonchev–Trinajstić information content (AvgIpc) is 2.48. The van der Waals surface area contributed by atoms with Gasteiger partial charge in [-0.1, -0.05) is 6.92 Å². The zero-order chi connectivity index (χ0) is 14.6. The minimum Gasteiger partial charge on any atom is -0.481 e. The normalized spacial score (nSPS) is 29.6. The SMILES string of the molecule is CCC1(NC(=O)C2CCC(C(=O)O)CC2)CCOCC1. The molecule has 5 nitrogen and oxygen atoms in total. The first kappa shape index (κ1) is 15.3. The first-order valence-electron chi connectivity index (χ1n) is 7.69. The van der Waals surface area contributed by atoms with Gasteiger partial charge in [0.05, 0.1) is 5.92 Å². The van der Waals surface area contributed by atoms with Gasteiger partial charge in [-0.05, 0) is 44.9 Å². The molecule has 1 aliphatic carbocycles. The predicted octanol–water partition coefficient (Wildman–Crippen LogP) is 1.95. The smallest absolute Gasteiger partial charge is 0.306 e. The molecule has 5 heteroatoms. The van der Waals surface area contributed by atoms with Gasteiger partial charge in [-0.2, -0.15) is 0 Å². The van der Waals surface area contributed by atoms with Crippen molar-refractivity contribution < 1.29 is 19.4 Å². The van der Waals surface area contributed by atoms with Gasteiger partial charge in [-0.3, -0.25) is 9.59 Å². The quantitative estimate of drug-likeness (QED) is 0.827. The van der Waals surface area contributed by atoms with Gasteiger partial charge in [0.2, 0.25) is 5.91 Å². The first-order valence-corrected chi connectivity index (χ1v) is 7.69. The third kappa shape index (κ3) is 3.51. The van der Waals surface area contributed by atoms with Crippen molar-refractivity contribution in [3.05, 3.63) is 0 Å². The molecule has 0 aromatic heterocycles. The predicted molar refractivity (Wildman–Crippen MR) is 74.3 cm³/mol. The Morgan fingerprint density at radius 1 is 1.15 bits per heavy atom. The molecule has 0 aromatic rings. The van der Waals surface area contributed by atoms with Gasteiger partial charge < -0.3 is 15.2 Å². The lowest BCUT2D eigenvalue weighted by Gasteiger charge is -2.39. The largest absolute Gasteiger partial charge is 0.481 e. The van der Waals surface area contributed by atoms with Crippen LogP contribution >= 0.6 is 0 Å². The van der Waals surface area contributed by atoms with Crippen LogP contribution in [0.2, 0.25) is 0 Å². The van der Waals surface area contributed by atoms with Gasteiger partial charge in [0, 0.05) is 24.7 Å². The summed E-state index contributed by atoms with van der Waals surface area (Å²) in [5.74, 6) is -0.893. The van der Waals surface area contributed by atoms with E-state index in [9.17, 15) is 9.59 Å². The third-order valence-electron chi connectivity index (χ3n) is 4.96. The highest BCUT2D eigenvalue weighted by atomic mass is 16.5. The molecule has 0 unspecified atom stereocenters. The summed E-state index contributed by atoms with van der Waals surface area (Å²) >= 11 is 0. The van der Waals surface area contributed by atoms with Crippen molar-refractivity contribution in [3.8, 4) is 0 Å². The number of hydrogen-bond donors (Lipinski definition) is 2. The van der Waals surface area contributed by atoms with Crippen LogP contribution in [0.15, 0.2) is 0 Å². The molecule has 0 radical (unpaired) electrons. The minimum absolute atomic E-state index is 0.0168. The monoisotopic (exact) mass is 283 g/mol. The summed E-state index contributed by atoms with van der Waals surface area (Å²) in [6.07, 6.45) is 5.30. The summed E-state index contributed by atoms with van der Waals surface area (Å²) in [4.78, 5) is 23.3. The summed E-state index contributed by atoms with van der Waals surface area (Å²) in [7, 11) is 0. The fraction of sp³-hybridized carbons (Fsp3) is 0.867. The molecule has 1 heterocycles. The Morgan fingerprint density at radius 2 is 1.70 bits per heavy atom. The van der Waals surface area contributed by atoms with E-state index in [-0.39, 0.29) is 23.3 Å². The lowest BCUT2D eigenvalue weighted by atomic mass is 9.80. The molecule has 0 atom stereocenters. The highest BCUT2D eigenvalue weighted by molar-refractivity contribution is 5.80. The van der Waals surface area contributed by atoms with Crippen molar-refractivity contribution in [2.45, 2.75) is 57.4 Å². The third-order valence-corrected chi connectivity index (χ3v) is 4.96. The number of rotatable bonds is 4. The van der Waals surface area contributed by atoms with Gasteiger partial charge in [0.25, 0.3) is 0 Å². The number of nitrogens with one attached hydrogen (secondary N) is 1. The van der Waals surface area contributed by atoms with Crippen LogP contribution in [-0.4, -0.2) is 35.7 Å². The fourth-order valence-electron chi connectivity index (χ4n) is 3.30. The maximum Gasteiger partial charge on any atom is 0.306 e. The van der Waals surface area contributed by atoms with Gasteiger partial charge in [0.15, 0.2) is 0 Å². The number of carboxylic acid groups (broad SMARTS) is 1. The Kier molecular flexibility index (Phi) is 5.02. The molecule has 2 fully saturated rings. The fourth-order valence-corrected chi connectivity index (χ4v) is 3.30. The van der Waals surface area contributed by atoms with Crippen LogP contribution in [0.1, 0.15) is 51.9 Å². The number of amides is 1. The molecular weight excluding hydrogens is 258 g/mol. The second-order valence-electron chi connectivity index (χ2n) is 6.12. The molecule has 1 amide bonds. The lowest BCUT2D eigenvalue weighted by molar-refractivity contribution is -0.144. The summed E-state index contributed by atoms with van der Waals surface area (Å²) in [6, 6.07) is 0. The minimum atomic E-state index is -0.724. The Hall–Kier alpha value is -1.10. The van der Waals surface area contributed by atoms with Crippen molar-refractivity contribution in [2.24, 2.45) is 11.8 Å². The molecule has 1 saturated carbocycles. The van der Waals surface area contributed by atoms with Crippen molar-refractivity contribution in [1.82, 2.24) is 5.32 Å². The Morgan fingerprint density at radius 3 is 2.20 bits per heavy atom. The molecule has 2 N–H and O–H groups in total. The van der Waals surface area contributed by atoms with Crippen molar-refractivity contribution in [3.63, 3.8) is 0 Å². The maximum atomic E-state index is 12.4. The van der Waals surface area contributed by atoms with Crippen LogP contribution in [0.5, 0.6) is 0 Å². The first-order chi connectivity index (χ1) is 9.56. The van der Waals surface area contributed by atoms with E-state index in [0.29, 0.717) is 38.9 Å². The van der Waals surface area contributed by atoms with Crippen LogP contribution in [0.3, 0.4) is 0 Å². The number of carboxylic acids is 1. The molecule has 20 heavy (non-hydrogen) atoms. The average molecular weight is 283 g/mol. The highest BCUT2D eigenvalue weighted by Crippen LogP contribution is 2.31. The number of carbonyl (C=O) groups excluding carboxylic acids is 1. The maximum absolute atomic E-state index is 12.4. The second-order valence-corrected chi connectivity index (χ2v) is 6.12. The van der Waals surface area contributed by atoms with E-state index >= 15 is 0 Å². The zero-order valence-electron chi connectivity index (χ0n) is 12.2. The van der Waals surface area contributed by atoms with E-state index in [0.717, 1.165) is 19.3 Å². The van der Waals surface area contributed by atoms with Gasteiger partial charge >= 0.3 is 5.97 Å². The van der Waals surface area contributed by atoms with E-state index in [2.05, 4.69) is 12.2 Å². The van der Waals surface area contributed by atoms with Gasteiger partial charge in [0.1, 0.15) is 0 Å². The number of aliphatic carboxylic acids is 1. The number of carbonyl (C=O) groups is 2. The summed E-state index contributed by atoms with van der Waals surface area (Å²) in [5.41, 5.74) is -0.112. The summed E-state index contributed by atoms with van der Waals surface area (Å²) in [5, 5.41) is 12.2. The lowest BCUT2D eigenvalue weighted by Crippen LogP contribution is -2.53. The summed E-state index contributed by atoms with van der Waals surface area (Å²) < 4.78 is 5.38. The standard InChI is InChI=1S/C15H25NO4/c1-2-15(7-9-20-10-8-15)16-13(17)11-3-5-12(6-4-11)14(18)19/h11-12H,2-10H2,1H3,(H,16,17)(H,18,19). The molecule has 2 rings (SSSR count).